The number of rotatable bonds is 14. The third-order valence-corrected chi connectivity index (χ3v) is 10.4. The van der Waals surface area contributed by atoms with Crippen LogP contribution in [-0.2, 0) is 48.4 Å². The normalized spacial score (nSPS) is 17.0. The van der Waals surface area contributed by atoms with Crippen molar-refractivity contribution in [2.75, 3.05) is 39.3 Å². The number of piperazine rings is 1. The van der Waals surface area contributed by atoms with Gasteiger partial charge in [-0.1, -0.05) is 105 Å². The molecule has 0 aliphatic carbocycles. The van der Waals surface area contributed by atoms with Crippen LogP contribution in [0.1, 0.15) is 57.2 Å². The summed E-state index contributed by atoms with van der Waals surface area (Å²) in [4.78, 5) is 89.5. The largest absolute Gasteiger partial charge is 0.459 e. The second-order valence-electron chi connectivity index (χ2n) is 14.8. The number of amides is 6. The number of ether oxygens (including phenoxy) is 4. The number of guanidine groups is 1. The molecule has 0 spiro atoms. The van der Waals surface area contributed by atoms with Gasteiger partial charge in [0.15, 0.2) is 6.04 Å². The maximum atomic E-state index is 13.8. The van der Waals surface area contributed by atoms with E-state index in [-0.39, 0.29) is 83.5 Å². The zero-order chi connectivity index (χ0) is 43.0. The highest BCUT2D eigenvalue weighted by Gasteiger charge is 2.56. The van der Waals surface area contributed by atoms with Crippen molar-refractivity contribution in [2.24, 2.45) is 16.8 Å². The number of carbonyl (C=O) groups is 6. The Morgan fingerprint density at radius 1 is 0.750 bits per heavy atom. The van der Waals surface area contributed by atoms with Gasteiger partial charge in [0.25, 0.3) is 0 Å². The molecule has 1 N–H and O–H groups in total. The molecule has 2 aliphatic rings. The Balaban J connectivity index is 1.25. The number of likely N-dealkylation sites (tertiary alicyclic amines) is 1. The first-order valence-electron chi connectivity index (χ1n) is 20.2. The Morgan fingerprint density at radius 2 is 1.27 bits per heavy atom. The Bertz CT molecular complexity index is 1940. The lowest BCUT2D eigenvalue weighted by Crippen LogP contribution is -2.69. The van der Waals surface area contributed by atoms with Gasteiger partial charge >= 0.3 is 30.3 Å². The highest BCUT2D eigenvalue weighted by molar-refractivity contribution is 6.08. The van der Waals surface area contributed by atoms with Gasteiger partial charge < -0.3 is 33.6 Å². The highest BCUT2D eigenvalue weighted by atomic mass is 16.6. The van der Waals surface area contributed by atoms with E-state index in [0.29, 0.717) is 6.42 Å². The molecule has 2 aliphatic heterocycles. The molecule has 16 nitrogen and oxygen atoms in total. The number of esters is 1. The molecule has 3 unspecified atom stereocenters. The second-order valence-corrected chi connectivity index (χ2v) is 14.8. The molecule has 0 aromatic heterocycles. The number of nitrogens with one attached hydrogen (secondary N) is 1. The van der Waals surface area contributed by atoms with Gasteiger partial charge in [0.2, 0.25) is 11.9 Å². The van der Waals surface area contributed by atoms with Gasteiger partial charge in [-0.2, -0.15) is 0 Å². The zero-order valence-electron chi connectivity index (χ0n) is 34.6. The number of benzene rings is 3. The summed E-state index contributed by atoms with van der Waals surface area (Å²) in [6, 6.07) is 25.4. The van der Waals surface area contributed by atoms with Gasteiger partial charge in [-0.15, -0.1) is 4.99 Å². The number of imide groups is 1. The first-order valence-corrected chi connectivity index (χ1v) is 20.2. The molecule has 0 bridgehead atoms. The van der Waals surface area contributed by atoms with Crippen molar-refractivity contribution in [1.82, 2.24) is 24.9 Å². The summed E-state index contributed by atoms with van der Waals surface area (Å²) < 4.78 is 21.9. The van der Waals surface area contributed by atoms with E-state index < -0.39 is 48.1 Å². The molecule has 320 valence electrons. The molecule has 16 heteroatoms. The molecular weight excluding hydrogens is 773 g/mol. The number of urea groups is 1. The van der Waals surface area contributed by atoms with E-state index in [9.17, 15) is 28.8 Å². The number of alkyl carbamates (subject to hydrolysis) is 1. The second kappa shape index (κ2) is 22.1. The van der Waals surface area contributed by atoms with Crippen molar-refractivity contribution in [1.29, 1.82) is 0 Å². The molecule has 3 aromatic rings. The number of aliphatic imine (C=N–C) groups is 1. The van der Waals surface area contributed by atoms with Crippen molar-refractivity contribution >= 4 is 42.1 Å². The smallest absolute Gasteiger partial charge is 0.437 e. The van der Waals surface area contributed by atoms with Gasteiger partial charge in [0.1, 0.15) is 25.9 Å². The summed E-state index contributed by atoms with van der Waals surface area (Å²) in [6.45, 7) is 8.58. The van der Waals surface area contributed by atoms with Crippen molar-refractivity contribution in [3.05, 3.63) is 108 Å². The summed E-state index contributed by atoms with van der Waals surface area (Å²) in [7, 11) is 0. The monoisotopic (exact) mass is 826 g/mol. The standard InChI is InChI=1S/C44H54N6O10/c1-5-47(40(45-41(53)58-29-34-18-11-7-12-19-34)46-42(54)59-30-35-20-13-8-14-21-35)23-15-22-36-37(39(52)57-28-33-16-9-6-10-17-33)50(38(36)51)43(55)48-24-26-49(27-25-48)44(56)60-32(4)31(2)3/h6-14,16-21,31-32,36-37H,5,15,22-30H2,1-4H3,(H,45,46,53,54). The van der Waals surface area contributed by atoms with Crippen LogP contribution in [0.4, 0.5) is 19.2 Å². The Kier molecular flexibility index (Phi) is 16.4. The first kappa shape index (κ1) is 44.6. The lowest BCUT2D eigenvalue weighted by atomic mass is 9.83. The number of β-lactam (4-membered cyclic amide) rings is 1. The maximum absolute atomic E-state index is 13.8. The van der Waals surface area contributed by atoms with E-state index in [1.165, 1.54) is 9.80 Å². The fraction of sp³-hybridized carbons (Fsp3) is 0.432. The summed E-state index contributed by atoms with van der Waals surface area (Å²) in [5, 5.41) is 2.57. The molecule has 3 aromatic carbocycles. The first-order chi connectivity index (χ1) is 28.9. The summed E-state index contributed by atoms with van der Waals surface area (Å²) in [6.07, 6.45) is -2.07. The summed E-state index contributed by atoms with van der Waals surface area (Å²) in [5.41, 5.74) is 2.25. The van der Waals surface area contributed by atoms with Crippen molar-refractivity contribution in [3.63, 3.8) is 0 Å². The van der Waals surface area contributed by atoms with Crippen LogP contribution in [0.15, 0.2) is 96.0 Å². The van der Waals surface area contributed by atoms with Crippen molar-refractivity contribution < 1.29 is 47.7 Å². The molecule has 5 rings (SSSR count). The summed E-state index contributed by atoms with van der Waals surface area (Å²) >= 11 is 0. The average molecular weight is 827 g/mol. The van der Waals surface area contributed by atoms with Crippen molar-refractivity contribution in [3.8, 4) is 0 Å². The quantitative estimate of drug-likeness (QED) is 0.0644. The predicted molar refractivity (Wildman–Crippen MR) is 220 cm³/mol. The fourth-order valence-electron chi connectivity index (χ4n) is 6.51. The lowest BCUT2D eigenvalue weighted by molar-refractivity contribution is -0.171. The Hall–Kier alpha value is -6.45. The number of carbonyl (C=O) groups excluding carboxylic acids is 6. The average Bonchev–Trinajstić information content (AvgIpc) is 3.26. The minimum atomic E-state index is -1.19. The molecule has 60 heavy (non-hydrogen) atoms. The van der Waals surface area contributed by atoms with Gasteiger partial charge in [0, 0.05) is 39.3 Å². The van der Waals surface area contributed by atoms with E-state index in [1.807, 2.05) is 75.4 Å². The maximum Gasteiger partial charge on any atom is 0.437 e. The van der Waals surface area contributed by atoms with E-state index in [1.54, 1.807) is 48.2 Å². The minimum absolute atomic E-state index is 0.0227. The molecule has 2 saturated heterocycles. The fourth-order valence-corrected chi connectivity index (χ4v) is 6.51. The molecule has 0 saturated carbocycles. The topological polar surface area (TPSA) is 177 Å². The van der Waals surface area contributed by atoms with E-state index in [2.05, 4.69) is 10.3 Å². The molecular formula is C44H54N6O10. The lowest BCUT2D eigenvalue weighted by Gasteiger charge is -2.46. The van der Waals surface area contributed by atoms with Crippen LogP contribution in [0.3, 0.4) is 0 Å². The molecule has 2 heterocycles. The third kappa shape index (κ3) is 12.5. The molecule has 6 amide bonds. The number of nitrogens with zero attached hydrogens (tertiary/aromatic N) is 5. The van der Waals surface area contributed by atoms with Crippen LogP contribution in [0.5, 0.6) is 0 Å². The van der Waals surface area contributed by atoms with E-state index in [0.717, 1.165) is 21.6 Å². The van der Waals surface area contributed by atoms with E-state index >= 15 is 0 Å². The Labute approximate surface area is 350 Å². The van der Waals surface area contributed by atoms with Gasteiger partial charge in [-0.3, -0.25) is 10.1 Å². The zero-order valence-corrected chi connectivity index (χ0v) is 34.6. The van der Waals surface area contributed by atoms with Gasteiger partial charge in [-0.05, 0) is 49.3 Å². The molecule has 0 radical (unpaired) electrons. The van der Waals surface area contributed by atoms with Crippen LogP contribution in [0, 0.1) is 11.8 Å². The van der Waals surface area contributed by atoms with Crippen molar-refractivity contribution in [2.45, 2.75) is 72.5 Å². The van der Waals surface area contributed by atoms with Crippen LogP contribution in [0.25, 0.3) is 0 Å². The molecule has 3 atom stereocenters. The third-order valence-electron chi connectivity index (χ3n) is 10.4. The minimum Gasteiger partial charge on any atom is -0.459 e. The molecule has 2 fully saturated rings. The van der Waals surface area contributed by atoms with Crippen LogP contribution in [-0.4, -0.2) is 113 Å². The number of hydrogen-bond donors (Lipinski definition) is 1. The number of hydrogen-bond acceptors (Lipinski definition) is 10. The summed E-state index contributed by atoms with van der Waals surface area (Å²) in [5.74, 6) is -2.12. The van der Waals surface area contributed by atoms with Crippen LogP contribution < -0.4 is 5.32 Å². The van der Waals surface area contributed by atoms with E-state index in [4.69, 9.17) is 18.9 Å². The van der Waals surface area contributed by atoms with Gasteiger partial charge in [0.05, 0.1) is 5.92 Å². The Morgan fingerprint density at radius 3 is 1.80 bits per heavy atom. The predicted octanol–water partition coefficient (Wildman–Crippen LogP) is 6.20. The van der Waals surface area contributed by atoms with Crippen LogP contribution >= 0.6 is 0 Å². The van der Waals surface area contributed by atoms with Gasteiger partial charge in [-0.25, -0.2) is 28.9 Å². The highest BCUT2D eigenvalue weighted by Crippen LogP contribution is 2.33. The SMILES string of the molecule is CCN(CCCC1C(=O)N(C(=O)N2CCN(C(=O)OC(C)C(C)C)CC2)C1C(=O)OCc1ccccc1)/C(=N/C(=O)OCc1ccccc1)NC(=O)OCc1ccccc1. The van der Waals surface area contributed by atoms with Crippen LogP contribution in [0.2, 0.25) is 0 Å².